The Kier molecular flexibility index (Phi) is 3.04. The number of carbonyl (C=O) groups excluding carboxylic acids is 1. The summed E-state index contributed by atoms with van der Waals surface area (Å²) in [6.45, 7) is 0. The van der Waals surface area contributed by atoms with Crippen LogP contribution in [0.25, 0.3) is 0 Å². The molecule has 15 heavy (non-hydrogen) atoms. The Hall–Kier alpha value is -1.32. The third-order valence-corrected chi connectivity index (χ3v) is 3.33. The molecule has 0 N–H and O–H groups in total. The fraction of sp³-hybridized carbons (Fsp3) is 0. The first-order valence-corrected chi connectivity index (χ1v) is 5.80. The lowest BCUT2D eigenvalue weighted by atomic mass is 10.0. The molecule has 0 aliphatic rings. The molecule has 0 unspecified atom stereocenters. The van der Waals surface area contributed by atoms with Gasteiger partial charge in [-0.2, -0.15) is 0 Å². The number of thiocarbonyl (C=S) groups is 1. The van der Waals surface area contributed by atoms with E-state index in [9.17, 15) is 4.79 Å². The minimum absolute atomic E-state index is 0.0351. The second kappa shape index (κ2) is 4.47. The van der Waals surface area contributed by atoms with E-state index < -0.39 is 0 Å². The van der Waals surface area contributed by atoms with Gasteiger partial charge in [-0.05, 0) is 11.4 Å². The molecule has 0 saturated carbocycles. The van der Waals surface area contributed by atoms with E-state index in [0.717, 1.165) is 4.88 Å². The van der Waals surface area contributed by atoms with Gasteiger partial charge in [0.05, 0.1) is 0 Å². The lowest BCUT2D eigenvalue weighted by Crippen LogP contribution is -2.01. The van der Waals surface area contributed by atoms with Crippen LogP contribution in [0.5, 0.6) is 0 Å². The smallest absolute Gasteiger partial charge is 0.194 e. The topological polar surface area (TPSA) is 17.1 Å². The monoisotopic (exact) mass is 232 g/mol. The van der Waals surface area contributed by atoms with E-state index in [2.05, 4.69) is 0 Å². The minimum Gasteiger partial charge on any atom is -0.289 e. The normalized spacial score (nSPS) is 9.87. The Morgan fingerprint density at radius 3 is 2.60 bits per heavy atom. The Morgan fingerprint density at radius 2 is 1.93 bits per heavy atom. The highest BCUT2D eigenvalue weighted by Crippen LogP contribution is 2.18. The maximum Gasteiger partial charge on any atom is 0.194 e. The molecule has 0 spiro atoms. The summed E-state index contributed by atoms with van der Waals surface area (Å²) in [6, 6.07) is 11.1. The van der Waals surface area contributed by atoms with Gasteiger partial charge < -0.3 is 0 Å². The molecule has 2 rings (SSSR count). The zero-order valence-electron chi connectivity index (χ0n) is 7.84. The molecule has 0 fully saturated rings. The van der Waals surface area contributed by atoms with E-state index in [1.54, 1.807) is 5.37 Å². The van der Waals surface area contributed by atoms with Crippen molar-refractivity contribution >= 4 is 34.7 Å². The highest BCUT2D eigenvalue weighted by atomic mass is 32.1. The van der Waals surface area contributed by atoms with Gasteiger partial charge >= 0.3 is 0 Å². The van der Waals surface area contributed by atoms with Gasteiger partial charge in [0.25, 0.3) is 0 Å². The molecule has 0 aliphatic heterocycles. The Balaban J connectivity index is 2.41. The molecule has 1 heterocycles. The fourth-order valence-electron chi connectivity index (χ4n) is 1.34. The van der Waals surface area contributed by atoms with Crippen molar-refractivity contribution in [1.82, 2.24) is 0 Å². The maximum absolute atomic E-state index is 12.0. The van der Waals surface area contributed by atoms with Crippen molar-refractivity contribution in [2.45, 2.75) is 0 Å². The van der Waals surface area contributed by atoms with Crippen molar-refractivity contribution in [3.63, 3.8) is 0 Å². The van der Waals surface area contributed by atoms with Crippen molar-refractivity contribution < 1.29 is 4.79 Å². The summed E-state index contributed by atoms with van der Waals surface area (Å²) < 4.78 is 0. The molecule has 1 nitrogen and oxygen atoms in total. The number of rotatable bonds is 3. The van der Waals surface area contributed by atoms with Crippen LogP contribution in [0.3, 0.4) is 0 Å². The first-order valence-electron chi connectivity index (χ1n) is 4.45. The van der Waals surface area contributed by atoms with E-state index in [0.29, 0.717) is 11.1 Å². The zero-order valence-corrected chi connectivity index (χ0v) is 9.48. The van der Waals surface area contributed by atoms with E-state index in [1.807, 2.05) is 41.8 Å². The summed E-state index contributed by atoms with van der Waals surface area (Å²) in [4.78, 5) is 12.9. The summed E-state index contributed by atoms with van der Waals surface area (Å²) in [5.74, 6) is 0.0351. The van der Waals surface area contributed by atoms with Gasteiger partial charge in [0.15, 0.2) is 5.78 Å². The van der Waals surface area contributed by atoms with Crippen LogP contribution in [0, 0.1) is 0 Å². The Labute approximate surface area is 97.4 Å². The van der Waals surface area contributed by atoms with Crippen LogP contribution in [0.15, 0.2) is 41.8 Å². The molecule has 2 aromatic rings. The van der Waals surface area contributed by atoms with Crippen LogP contribution in [0.1, 0.15) is 20.8 Å². The molecule has 74 valence electrons. The Bertz CT molecular complexity index is 485. The predicted octanol–water partition coefficient (Wildman–Crippen LogP) is 3.33. The summed E-state index contributed by atoms with van der Waals surface area (Å²) in [5, 5.41) is 3.44. The molecule has 0 amide bonds. The quantitative estimate of drug-likeness (QED) is 0.596. The van der Waals surface area contributed by atoms with Crippen molar-refractivity contribution in [3.05, 3.63) is 57.8 Å². The predicted molar refractivity (Wildman–Crippen MR) is 67.0 cm³/mol. The van der Waals surface area contributed by atoms with Crippen LogP contribution in [0.2, 0.25) is 0 Å². The first kappa shape index (κ1) is 10.2. The number of benzene rings is 1. The van der Waals surface area contributed by atoms with Crippen molar-refractivity contribution in [2.24, 2.45) is 0 Å². The molecule has 0 aliphatic carbocycles. The molecular formula is C12H8OS2. The average molecular weight is 232 g/mol. The summed E-state index contributed by atoms with van der Waals surface area (Å²) in [7, 11) is 0. The number of hydrogen-bond acceptors (Lipinski definition) is 3. The van der Waals surface area contributed by atoms with Crippen molar-refractivity contribution in [2.75, 3.05) is 0 Å². The molecule has 1 aromatic carbocycles. The highest BCUT2D eigenvalue weighted by Gasteiger charge is 2.12. The number of ketones is 1. The third kappa shape index (κ3) is 2.03. The largest absolute Gasteiger partial charge is 0.289 e. The molecule has 0 atom stereocenters. The van der Waals surface area contributed by atoms with Crippen LogP contribution >= 0.6 is 23.6 Å². The zero-order chi connectivity index (χ0) is 10.7. The van der Waals surface area contributed by atoms with E-state index in [-0.39, 0.29) is 5.78 Å². The number of carbonyl (C=O) groups is 1. The van der Waals surface area contributed by atoms with E-state index in [1.165, 1.54) is 11.3 Å². The van der Waals surface area contributed by atoms with Crippen LogP contribution in [-0.4, -0.2) is 11.2 Å². The van der Waals surface area contributed by atoms with Crippen LogP contribution in [-0.2, 0) is 0 Å². The van der Waals surface area contributed by atoms with Gasteiger partial charge in [0, 0.05) is 21.4 Å². The Morgan fingerprint density at radius 1 is 1.20 bits per heavy atom. The third-order valence-electron chi connectivity index (χ3n) is 2.08. The van der Waals surface area contributed by atoms with Gasteiger partial charge in [0.1, 0.15) is 0 Å². The van der Waals surface area contributed by atoms with Gasteiger partial charge in [-0.15, -0.1) is 11.3 Å². The summed E-state index contributed by atoms with van der Waals surface area (Å²) in [5.41, 5.74) is 1.40. The molecule has 3 heteroatoms. The SMILES string of the molecule is O=C(c1ccccc1)c1ccsc1C=S. The van der Waals surface area contributed by atoms with Gasteiger partial charge in [0.2, 0.25) is 0 Å². The van der Waals surface area contributed by atoms with Crippen molar-refractivity contribution in [1.29, 1.82) is 0 Å². The van der Waals surface area contributed by atoms with Gasteiger partial charge in [-0.1, -0.05) is 42.5 Å². The molecule has 1 aromatic heterocycles. The first-order chi connectivity index (χ1) is 7.33. The van der Waals surface area contributed by atoms with Gasteiger partial charge in [-0.25, -0.2) is 0 Å². The molecule has 0 saturated heterocycles. The minimum atomic E-state index is 0.0351. The van der Waals surface area contributed by atoms with E-state index in [4.69, 9.17) is 12.2 Å². The fourth-order valence-corrected chi connectivity index (χ4v) is 2.33. The van der Waals surface area contributed by atoms with Crippen LogP contribution < -0.4 is 0 Å². The summed E-state index contributed by atoms with van der Waals surface area (Å²) in [6.07, 6.45) is 0. The lowest BCUT2D eigenvalue weighted by molar-refractivity contribution is 0.103. The number of hydrogen-bond donors (Lipinski definition) is 0. The molecule has 0 bridgehead atoms. The second-order valence-corrected chi connectivity index (χ2v) is 4.19. The lowest BCUT2D eigenvalue weighted by Gasteiger charge is -1.98. The number of thiophene rings is 1. The highest BCUT2D eigenvalue weighted by molar-refractivity contribution is 7.79. The molecule has 0 radical (unpaired) electrons. The van der Waals surface area contributed by atoms with Crippen LogP contribution in [0.4, 0.5) is 0 Å². The standard InChI is InChI=1S/C12H8OS2/c13-12(9-4-2-1-3-5-9)10-6-7-15-11(10)8-14/h1-8H. The second-order valence-electron chi connectivity index (χ2n) is 3.01. The average Bonchev–Trinajstić information content (AvgIpc) is 2.77. The maximum atomic E-state index is 12.0. The van der Waals surface area contributed by atoms with E-state index >= 15 is 0 Å². The van der Waals surface area contributed by atoms with Gasteiger partial charge in [-0.3, -0.25) is 4.79 Å². The summed E-state index contributed by atoms with van der Waals surface area (Å²) >= 11 is 6.35. The molecular weight excluding hydrogens is 224 g/mol. The van der Waals surface area contributed by atoms with Crippen molar-refractivity contribution in [3.8, 4) is 0 Å².